The Hall–Kier alpha value is -0.280. The minimum Gasteiger partial charge on any atom is -0.245 e. The Kier molecular flexibility index (Phi) is 2.73. The summed E-state index contributed by atoms with van der Waals surface area (Å²) in [6, 6.07) is 0. The van der Waals surface area contributed by atoms with Crippen molar-refractivity contribution < 1.29 is 0 Å². The van der Waals surface area contributed by atoms with Gasteiger partial charge in [0.15, 0.2) is 0 Å². The van der Waals surface area contributed by atoms with Crippen molar-refractivity contribution >= 4 is 27.4 Å². The first-order valence-corrected chi connectivity index (χ1v) is 7.14. The summed E-state index contributed by atoms with van der Waals surface area (Å²) in [7, 11) is -0.514. The van der Waals surface area contributed by atoms with E-state index in [0.29, 0.717) is 0 Å². The first-order valence-electron chi connectivity index (χ1n) is 3.34. The standard InChI is InChI=1S/C8H13NS2/c1-11(2,3)7-4-8-9-5-6-10-8/h4-7H,1-3H3/b7-4+. The van der Waals surface area contributed by atoms with Gasteiger partial charge in [0.25, 0.3) is 0 Å². The molecule has 1 aromatic heterocycles. The Morgan fingerprint density at radius 2 is 2.18 bits per heavy atom. The van der Waals surface area contributed by atoms with Crippen molar-refractivity contribution in [3.63, 3.8) is 0 Å². The fourth-order valence-electron chi connectivity index (χ4n) is 0.579. The molecule has 0 aromatic carbocycles. The van der Waals surface area contributed by atoms with E-state index in [1.165, 1.54) is 0 Å². The molecule has 0 N–H and O–H groups in total. The largest absolute Gasteiger partial charge is 0.245 e. The zero-order chi connectivity index (χ0) is 8.32. The molecule has 0 radical (unpaired) electrons. The summed E-state index contributed by atoms with van der Waals surface area (Å²) in [4.78, 5) is 4.16. The van der Waals surface area contributed by atoms with E-state index in [9.17, 15) is 0 Å². The van der Waals surface area contributed by atoms with E-state index in [2.05, 4.69) is 35.2 Å². The third-order valence-electron chi connectivity index (χ3n) is 1.07. The van der Waals surface area contributed by atoms with Crippen LogP contribution in [0.4, 0.5) is 0 Å². The molecule has 0 saturated heterocycles. The van der Waals surface area contributed by atoms with Gasteiger partial charge in [-0.25, -0.2) is 15.0 Å². The van der Waals surface area contributed by atoms with Gasteiger partial charge in [0.05, 0.1) is 0 Å². The number of thiazole rings is 1. The fourth-order valence-corrected chi connectivity index (χ4v) is 1.73. The highest BCUT2D eigenvalue weighted by Gasteiger charge is 1.96. The Bertz CT molecular complexity index is 231. The second-order valence-corrected chi connectivity index (χ2v) is 8.17. The highest BCUT2D eigenvalue weighted by molar-refractivity contribution is 8.34. The molecule has 0 atom stereocenters. The summed E-state index contributed by atoms with van der Waals surface area (Å²) in [6.07, 6.45) is 10.7. The molecule has 1 heterocycles. The van der Waals surface area contributed by atoms with Gasteiger partial charge in [-0.05, 0) is 30.3 Å². The molecule has 11 heavy (non-hydrogen) atoms. The van der Waals surface area contributed by atoms with Crippen LogP contribution in [0, 0.1) is 0 Å². The number of nitrogens with zero attached hydrogens (tertiary/aromatic N) is 1. The third-order valence-corrected chi connectivity index (χ3v) is 2.76. The molecule has 1 aromatic rings. The zero-order valence-electron chi connectivity index (χ0n) is 7.07. The molecule has 0 amide bonds. The van der Waals surface area contributed by atoms with Gasteiger partial charge in [0.1, 0.15) is 5.01 Å². The molecule has 0 aliphatic heterocycles. The predicted octanol–water partition coefficient (Wildman–Crippen LogP) is 2.81. The zero-order valence-corrected chi connectivity index (χ0v) is 8.71. The van der Waals surface area contributed by atoms with Crippen molar-refractivity contribution in [2.24, 2.45) is 0 Å². The van der Waals surface area contributed by atoms with Crippen LogP contribution in [0.5, 0.6) is 0 Å². The van der Waals surface area contributed by atoms with Crippen LogP contribution in [0.3, 0.4) is 0 Å². The Morgan fingerprint density at radius 3 is 2.64 bits per heavy atom. The normalized spacial score (nSPS) is 14.1. The average molecular weight is 187 g/mol. The summed E-state index contributed by atoms with van der Waals surface area (Å²) in [6.45, 7) is 0. The lowest BCUT2D eigenvalue weighted by Crippen LogP contribution is -1.83. The van der Waals surface area contributed by atoms with Crippen LogP contribution in [0.25, 0.3) is 6.08 Å². The molecular formula is C8H13NS2. The van der Waals surface area contributed by atoms with Gasteiger partial charge in [-0.3, -0.25) is 0 Å². The molecule has 0 aliphatic carbocycles. The van der Waals surface area contributed by atoms with Gasteiger partial charge >= 0.3 is 0 Å². The van der Waals surface area contributed by atoms with E-state index >= 15 is 0 Å². The molecule has 0 unspecified atom stereocenters. The molecule has 1 nitrogen and oxygen atoms in total. The molecule has 0 spiro atoms. The summed E-state index contributed by atoms with van der Waals surface area (Å²) < 4.78 is 0. The van der Waals surface area contributed by atoms with Gasteiger partial charge in [0.2, 0.25) is 0 Å². The van der Waals surface area contributed by atoms with Crippen LogP contribution in [0.2, 0.25) is 0 Å². The first kappa shape index (κ1) is 8.81. The molecule has 3 heteroatoms. The van der Waals surface area contributed by atoms with Crippen molar-refractivity contribution in [2.45, 2.75) is 0 Å². The second kappa shape index (κ2) is 3.41. The highest BCUT2D eigenvalue weighted by Crippen LogP contribution is 2.36. The lowest BCUT2D eigenvalue weighted by atomic mass is 10.7. The van der Waals surface area contributed by atoms with Gasteiger partial charge in [-0.15, -0.1) is 11.3 Å². The monoisotopic (exact) mass is 187 g/mol. The van der Waals surface area contributed by atoms with E-state index in [1.807, 2.05) is 11.6 Å². The Labute approximate surface area is 73.5 Å². The van der Waals surface area contributed by atoms with Crippen LogP contribution >= 0.6 is 21.4 Å². The molecule has 0 aliphatic rings. The minimum atomic E-state index is -0.514. The molecule has 62 valence electrons. The van der Waals surface area contributed by atoms with Crippen molar-refractivity contribution in [1.29, 1.82) is 0 Å². The predicted molar refractivity (Wildman–Crippen MR) is 56.5 cm³/mol. The Morgan fingerprint density at radius 1 is 1.45 bits per heavy atom. The first-order chi connectivity index (χ1) is 5.08. The molecule has 1 rings (SSSR count). The van der Waals surface area contributed by atoms with E-state index in [1.54, 1.807) is 11.3 Å². The SMILES string of the molecule is CS(C)(C)/C=C/c1nccs1. The average Bonchev–Trinajstić information content (AvgIpc) is 2.32. The van der Waals surface area contributed by atoms with Gasteiger partial charge in [0, 0.05) is 11.6 Å². The lowest BCUT2D eigenvalue weighted by molar-refractivity contribution is 1.40. The van der Waals surface area contributed by atoms with Crippen LogP contribution < -0.4 is 0 Å². The topological polar surface area (TPSA) is 12.9 Å². The summed E-state index contributed by atoms with van der Waals surface area (Å²) in [5, 5.41) is 5.36. The van der Waals surface area contributed by atoms with E-state index < -0.39 is 10.0 Å². The maximum atomic E-state index is 4.16. The van der Waals surface area contributed by atoms with E-state index in [-0.39, 0.29) is 0 Å². The Balaban J connectivity index is 2.63. The number of rotatable bonds is 2. The number of hydrogen-bond acceptors (Lipinski definition) is 2. The summed E-state index contributed by atoms with van der Waals surface area (Å²) in [5.41, 5.74) is 0. The highest BCUT2D eigenvalue weighted by atomic mass is 32.3. The van der Waals surface area contributed by atoms with Crippen LogP contribution in [0.1, 0.15) is 5.01 Å². The van der Waals surface area contributed by atoms with Crippen LogP contribution in [0.15, 0.2) is 17.0 Å². The molecular weight excluding hydrogens is 174 g/mol. The van der Waals surface area contributed by atoms with Crippen LogP contribution in [-0.4, -0.2) is 23.8 Å². The quantitative estimate of drug-likeness (QED) is 0.694. The van der Waals surface area contributed by atoms with Crippen molar-refractivity contribution in [1.82, 2.24) is 4.98 Å². The van der Waals surface area contributed by atoms with Gasteiger partial charge in [-0.1, -0.05) is 0 Å². The molecule has 0 fully saturated rings. The smallest absolute Gasteiger partial charge is 0.116 e. The van der Waals surface area contributed by atoms with E-state index in [4.69, 9.17) is 0 Å². The minimum absolute atomic E-state index is 0.514. The van der Waals surface area contributed by atoms with E-state index in [0.717, 1.165) is 5.01 Å². The third kappa shape index (κ3) is 3.58. The summed E-state index contributed by atoms with van der Waals surface area (Å²) in [5.74, 6) is 0. The summed E-state index contributed by atoms with van der Waals surface area (Å²) >= 11 is 1.68. The number of hydrogen-bond donors (Lipinski definition) is 0. The molecule has 0 bridgehead atoms. The maximum absolute atomic E-state index is 4.16. The van der Waals surface area contributed by atoms with Gasteiger partial charge < -0.3 is 0 Å². The fraction of sp³-hybridized carbons (Fsp3) is 0.375. The maximum Gasteiger partial charge on any atom is 0.116 e. The van der Waals surface area contributed by atoms with Crippen molar-refractivity contribution in [3.8, 4) is 0 Å². The molecule has 0 saturated carbocycles. The van der Waals surface area contributed by atoms with Crippen LogP contribution in [-0.2, 0) is 0 Å². The van der Waals surface area contributed by atoms with Crippen molar-refractivity contribution in [3.05, 3.63) is 22.0 Å². The number of aromatic nitrogens is 1. The van der Waals surface area contributed by atoms with Crippen molar-refractivity contribution in [2.75, 3.05) is 18.8 Å². The lowest BCUT2D eigenvalue weighted by Gasteiger charge is -2.18. The van der Waals surface area contributed by atoms with Gasteiger partial charge in [-0.2, -0.15) is 0 Å². The second-order valence-electron chi connectivity index (χ2n) is 3.10.